The van der Waals surface area contributed by atoms with Gasteiger partial charge in [-0.15, -0.1) is 0 Å². The largest absolute Gasteiger partial charge is 0.416 e. The van der Waals surface area contributed by atoms with Crippen molar-refractivity contribution in [1.82, 2.24) is 0 Å². The third-order valence-corrected chi connectivity index (χ3v) is 1.52. The number of hydrogen-bond donors (Lipinski definition) is 0. The minimum absolute atomic E-state index is 0.0833. The van der Waals surface area contributed by atoms with E-state index in [4.69, 9.17) is 10.8 Å². The van der Waals surface area contributed by atoms with Crippen LogP contribution in [0, 0.1) is 10.8 Å². The van der Waals surface area contributed by atoms with Crippen LogP contribution in [0.5, 0.6) is 0 Å². The Morgan fingerprint density at radius 1 is 0.750 bits per heavy atom. The Bertz CT molecular complexity index is 336. The molecule has 0 unspecified atom stereocenters. The second-order valence-corrected chi connectivity index (χ2v) is 2.58. The lowest BCUT2D eigenvalue weighted by molar-refractivity contribution is -0.143. The van der Waals surface area contributed by atoms with Crippen molar-refractivity contribution in [2.24, 2.45) is 0 Å². The molecule has 0 heterocycles. The van der Waals surface area contributed by atoms with Crippen molar-refractivity contribution >= 4 is 0 Å². The van der Waals surface area contributed by atoms with Gasteiger partial charge in [0, 0.05) is 10.8 Å². The molecule has 16 heavy (non-hydrogen) atoms. The van der Waals surface area contributed by atoms with E-state index in [0.717, 1.165) is 6.07 Å². The molecule has 0 aliphatic heterocycles. The molecule has 1 aromatic rings. The monoisotopic (exact) mass is 242 g/mol. The molecule has 0 spiro atoms. The van der Waals surface area contributed by atoms with E-state index in [1.165, 1.54) is 0 Å². The molecular formula is C8H4F6N2. The van der Waals surface area contributed by atoms with Crippen molar-refractivity contribution < 1.29 is 26.3 Å². The highest BCUT2D eigenvalue weighted by atomic mass is 19.4. The zero-order chi connectivity index (χ0) is 13.0. The van der Waals surface area contributed by atoms with Crippen LogP contribution in [0.1, 0.15) is 11.1 Å². The molecule has 0 atom stereocenters. The van der Waals surface area contributed by atoms with E-state index >= 15 is 0 Å². The molecule has 0 amide bonds. The van der Waals surface area contributed by atoms with E-state index < -0.39 is 23.5 Å². The topological polar surface area (TPSA) is 47.6 Å². The summed E-state index contributed by atoms with van der Waals surface area (Å²) in [6, 6.07) is 2.00. The molecular weight excluding hydrogens is 238 g/mol. The minimum atomic E-state index is -4.75. The second-order valence-electron chi connectivity index (χ2n) is 2.58. The maximum Gasteiger partial charge on any atom is 0.416 e. The van der Waals surface area contributed by atoms with Crippen LogP contribution in [0.4, 0.5) is 26.3 Å². The second kappa shape index (κ2) is 4.83. The van der Waals surface area contributed by atoms with Gasteiger partial charge in [-0.1, -0.05) is 6.07 Å². The molecule has 0 bridgehead atoms. The summed E-state index contributed by atoms with van der Waals surface area (Å²) in [4.78, 5) is 0. The van der Waals surface area contributed by atoms with Gasteiger partial charge in [-0.2, -0.15) is 26.3 Å². The lowest BCUT2D eigenvalue weighted by Gasteiger charge is -2.10. The molecule has 1 aromatic carbocycles. The van der Waals surface area contributed by atoms with Crippen LogP contribution in [0.25, 0.3) is 0 Å². The summed E-state index contributed by atoms with van der Waals surface area (Å²) in [6.45, 7) is 0. The molecule has 1 rings (SSSR count). The molecule has 0 saturated carbocycles. The standard InChI is InChI=1S/C8H4F6.N2/c9-7(10,11)5-2-1-3-6(4-5)8(12,13)14;1-2/h1-4H;. The lowest BCUT2D eigenvalue weighted by atomic mass is 10.1. The third-order valence-electron chi connectivity index (χ3n) is 1.52. The quantitative estimate of drug-likeness (QED) is 0.513. The normalized spacial score (nSPS) is 11.5. The first-order chi connectivity index (χ1) is 7.21. The highest BCUT2D eigenvalue weighted by molar-refractivity contribution is 5.27. The summed E-state index contributed by atoms with van der Waals surface area (Å²) in [7, 11) is 0. The van der Waals surface area contributed by atoms with Crippen LogP contribution in [-0.2, 0) is 12.4 Å². The number of alkyl halides is 6. The Hall–Kier alpha value is -1.78. The fourth-order valence-corrected chi connectivity index (χ4v) is 0.872. The Kier molecular flexibility index (Phi) is 4.29. The molecule has 0 aliphatic carbocycles. The van der Waals surface area contributed by atoms with Crippen LogP contribution >= 0.6 is 0 Å². The summed E-state index contributed by atoms with van der Waals surface area (Å²) >= 11 is 0. The Morgan fingerprint density at radius 2 is 1.06 bits per heavy atom. The minimum Gasteiger partial charge on any atom is -0.166 e. The predicted octanol–water partition coefficient (Wildman–Crippen LogP) is 3.75. The molecule has 0 fully saturated rings. The van der Waals surface area contributed by atoms with Gasteiger partial charge in [0.15, 0.2) is 0 Å². The predicted molar refractivity (Wildman–Crippen MR) is 39.9 cm³/mol. The maximum absolute atomic E-state index is 12.0. The van der Waals surface area contributed by atoms with Crippen molar-refractivity contribution in [3.63, 3.8) is 0 Å². The Labute approximate surface area is 85.9 Å². The van der Waals surface area contributed by atoms with Crippen LogP contribution in [0.3, 0.4) is 0 Å². The van der Waals surface area contributed by atoms with Crippen LogP contribution < -0.4 is 0 Å². The number of halogens is 6. The van der Waals surface area contributed by atoms with Crippen molar-refractivity contribution in [2.45, 2.75) is 12.4 Å². The highest BCUT2D eigenvalue weighted by Gasteiger charge is 2.35. The summed E-state index contributed by atoms with van der Waals surface area (Å²) in [5.41, 5.74) is -2.60. The fourth-order valence-electron chi connectivity index (χ4n) is 0.872. The summed E-state index contributed by atoms with van der Waals surface area (Å²) in [6.07, 6.45) is -9.50. The van der Waals surface area contributed by atoms with Gasteiger partial charge < -0.3 is 0 Å². The van der Waals surface area contributed by atoms with E-state index in [1.807, 2.05) is 0 Å². The molecule has 0 saturated heterocycles. The first-order valence-electron chi connectivity index (χ1n) is 3.66. The molecule has 0 aliphatic rings. The van der Waals surface area contributed by atoms with Gasteiger partial charge in [-0.05, 0) is 18.2 Å². The molecule has 2 nitrogen and oxygen atoms in total. The average Bonchev–Trinajstić information content (AvgIpc) is 2.18. The van der Waals surface area contributed by atoms with Crippen molar-refractivity contribution in [2.75, 3.05) is 0 Å². The summed E-state index contributed by atoms with van der Waals surface area (Å²) in [5.74, 6) is 0. The first-order valence-corrected chi connectivity index (χ1v) is 3.66. The van der Waals surface area contributed by atoms with E-state index in [9.17, 15) is 26.3 Å². The van der Waals surface area contributed by atoms with Crippen molar-refractivity contribution in [3.05, 3.63) is 35.4 Å². The van der Waals surface area contributed by atoms with Crippen LogP contribution in [0.2, 0.25) is 0 Å². The van der Waals surface area contributed by atoms with Gasteiger partial charge >= 0.3 is 12.4 Å². The Balaban J connectivity index is 0.00000106. The molecule has 8 heteroatoms. The summed E-state index contributed by atoms with van der Waals surface area (Å²) < 4.78 is 71.9. The van der Waals surface area contributed by atoms with Gasteiger partial charge in [-0.3, -0.25) is 0 Å². The smallest absolute Gasteiger partial charge is 0.166 e. The lowest BCUT2D eigenvalue weighted by Crippen LogP contribution is -2.09. The van der Waals surface area contributed by atoms with E-state index in [1.54, 1.807) is 0 Å². The van der Waals surface area contributed by atoms with Gasteiger partial charge in [0.1, 0.15) is 0 Å². The number of rotatable bonds is 0. The van der Waals surface area contributed by atoms with E-state index in [2.05, 4.69) is 0 Å². The van der Waals surface area contributed by atoms with E-state index in [-0.39, 0.29) is 6.07 Å². The van der Waals surface area contributed by atoms with Gasteiger partial charge in [0.2, 0.25) is 0 Å². The zero-order valence-corrected chi connectivity index (χ0v) is 7.47. The van der Waals surface area contributed by atoms with Crippen LogP contribution in [-0.4, -0.2) is 0 Å². The number of nitrogens with zero attached hydrogens (tertiary/aromatic N) is 2. The molecule has 0 radical (unpaired) electrons. The number of hydrogen-bond acceptors (Lipinski definition) is 2. The molecule has 88 valence electrons. The first kappa shape index (κ1) is 14.2. The summed E-state index contributed by atoms with van der Waals surface area (Å²) in [5, 5.41) is 12.0. The van der Waals surface area contributed by atoms with Gasteiger partial charge in [-0.25, -0.2) is 0 Å². The van der Waals surface area contributed by atoms with Crippen LogP contribution in [0.15, 0.2) is 24.3 Å². The zero-order valence-electron chi connectivity index (χ0n) is 7.47. The molecule has 0 aromatic heterocycles. The Morgan fingerprint density at radius 3 is 1.31 bits per heavy atom. The maximum atomic E-state index is 12.0. The van der Waals surface area contributed by atoms with Crippen molar-refractivity contribution in [1.29, 1.82) is 10.8 Å². The third kappa shape index (κ3) is 3.76. The van der Waals surface area contributed by atoms with E-state index in [0.29, 0.717) is 12.1 Å². The van der Waals surface area contributed by atoms with Gasteiger partial charge in [0.25, 0.3) is 0 Å². The number of benzene rings is 1. The fraction of sp³-hybridized carbons (Fsp3) is 0.250. The van der Waals surface area contributed by atoms with Crippen molar-refractivity contribution in [3.8, 4) is 0 Å². The highest BCUT2D eigenvalue weighted by Crippen LogP contribution is 2.34. The SMILES string of the molecule is FC(F)(F)c1cccc(C(F)(F)F)c1.N#N. The average molecular weight is 242 g/mol. The molecule has 0 N–H and O–H groups in total. The van der Waals surface area contributed by atoms with Gasteiger partial charge in [0.05, 0.1) is 11.1 Å².